The zero-order valence-electron chi connectivity index (χ0n) is 82.7. The van der Waals surface area contributed by atoms with Crippen LogP contribution in [0.1, 0.15) is 317 Å². The monoisotopic (exact) mass is 1820 g/mol. The maximum atomic E-state index is 11.5. The Morgan fingerprint density at radius 3 is 0.762 bits per heavy atom. The number of fused-ring (bicyclic) bond motifs is 6. The molecule has 12 aromatic rings. The van der Waals surface area contributed by atoms with Gasteiger partial charge in [-0.05, 0) is 246 Å². The summed E-state index contributed by atoms with van der Waals surface area (Å²) >= 11 is 25.8. The van der Waals surface area contributed by atoms with Crippen LogP contribution in [0.5, 0.6) is 0 Å². The van der Waals surface area contributed by atoms with Crippen molar-refractivity contribution in [2.45, 2.75) is 281 Å². The number of ketones is 4. The Kier molecular flexibility index (Phi) is 53.7. The highest BCUT2D eigenvalue weighted by molar-refractivity contribution is 7.80. The summed E-state index contributed by atoms with van der Waals surface area (Å²) in [5, 5.41) is 31.6. The lowest BCUT2D eigenvalue weighted by Crippen LogP contribution is -1.95. The molecular formula is C114H160O6S6. The molecule has 0 unspecified atom stereocenters. The van der Waals surface area contributed by atoms with Crippen molar-refractivity contribution in [3.63, 3.8) is 0 Å². The highest BCUT2D eigenvalue weighted by Gasteiger charge is 2.13. The summed E-state index contributed by atoms with van der Waals surface area (Å²) < 4.78 is 0. The topological polar surface area (TPSA) is 109 Å². The molecular weight excluding hydrogens is 1660 g/mol. The lowest BCUT2D eigenvalue weighted by molar-refractivity contribution is 0.101. The fourth-order valence-corrected chi connectivity index (χ4v) is 13.2. The number of rotatable bonds is 18. The molecule has 0 saturated carbocycles. The van der Waals surface area contributed by atoms with Gasteiger partial charge in [0.1, 0.15) is 0 Å². The van der Waals surface area contributed by atoms with E-state index in [1.54, 1.807) is 27.7 Å². The van der Waals surface area contributed by atoms with Gasteiger partial charge in [-0.1, -0.05) is 359 Å². The Bertz CT molecular complexity index is 4880. The van der Waals surface area contributed by atoms with Crippen LogP contribution in [0.4, 0.5) is 0 Å². The maximum absolute atomic E-state index is 11.5. The average Bonchev–Trinajstić information content (AvgIpc) is 0.825. The van der Waals surface area contributed by atoms with E-state index in [1.165, 1.54) is 54.9 Å². The molecule has 0 saturated heterocycles. The lowest BCUT2D eigenvalue weighted by atomic mass is 9.95. The van der Waals surface area contributed by atoms with Gasteiger partial charge in [-0.2, -0.15) is 75.8 Å². The Balaban J connectivity index is 0.000000710. The first-order valence-electron chi connectivity index (χ1n) is 44.4. The third-order valence-electron chi connectivity index (χ3n) is 16.7. The van der Waals surface area contributed by atoms with Crippen molar-refractivity contribution in [3.8, 4) is 0 Å². The molecule has 0 atom stereocenters. The lowest BCUT2D eigenvalue weighted by Gasteiger charge is -2.11. The number of carbonyl (C=O) groups is 4. The second-order valence-electron chi connectivity index (χ2n) is 41.9. The van der Waals surface area contributed by atoms with Crippen molar-refractivity contribution in [3.05, 3.63) is 284 Å². The SMILES string of the molecule is CC(=O)c1cc(CS)cc2ccccc12.CC(=O)c1cc(CS)cc2ccccc12.CC(=O)c1cccc2ccc(CS)cc12.CC(=O)c1cccc2ccc(CS)cc12.CC(C)(C)C.CC(C)(C)C.CC(C)(C)C.CC(C)(C)C.CC(C)(C)C.CC(C)(C)C.Cc1cc(CCCCO)c2cccc(CS)c2c1.Cc1cc(CCCCO)c2cccc(CS)c2c1. The highest BCUT2D eigenvalue weighted by Crippen LogP contribution is 2.31. The number of aryl methyl sites for hydroxylation is 4. The Hall–Kier alpha value is -7.10. The number of aliphatic hydroxyl groups is 2. The van der Waals surface area contributed by atoms with Gasteiger partial charge < -0.3 is 10.2 Å². The molecule has 0 amide bonds. The summed E-state index contributed by atoms with van der Waals surface area (Å²) in [4.78, 5) is 45.9. The smallest absolute Gasteiger partial charge is 0.160 e. The number of aliphatic hydroxyl groups excluding tert-OH is 2. The zero-order valence-corrected chi connectivity index (χ0v) is 88.1. The van der Waals surface area contributed by atoms with Gasteiger partial charge in [0.2, 0.25) is 0 Å². The maximum Gasteiger partial charge on any atom is 0.160 e. The van der Waals surface area contributed by atoms with Crippen LogP contribution in [0.2, 0.25) is 0 Å². The molecule has 0 fully saturated rings. The van der Waals surface area contributed by atoms with E-state index < -0.39 is 0 Å². The van der Waals surface area contributed by atoms with Crippen molar-refractivity contribution in [1.82, 2.24) is 0 Å². The summed E-state index contributed by atoms with van der Waals surface area (Å²) in [6, 6.07) is 69.6. The van der Waals surface area contributed by atoms with E-state index in [-0.39, 0.29) is 36.3 Å². The fourth-order valence-electron chi connectivity index (χ4n) is 11.9. The van der Waals surface area contributed by atoms with E-state index >= 15 is 0 Å². The second-order valence-corrected chi connectivity index (χ2v) is 43.8. The van der Waals surface area contributed by atoms with Crippen LogP contribution in [0.25, 0.3) is 64.6 Å². The molecule has 6 nitrogen and oxygen atoms in total. The van der Waals surface area contributed by atoms with Crippen LogP contribution in [-0.4, -0.2) is 46.6 Å². The molecule has 0 aliphatic heterocycles. The van der Waals surface area contributed by atoms with Gasteiger partial charge in [0.05, 0.1) is 0 Å². The number of hydrogen-bond acceptors (Lipinski definition) is 12. The summed E-state index contributed by atoms with van der Waals surface area (Å²) in [5.41, 5.74) is 18.6. The van der Waals surface area contributed by atoms with E-state index in [4.69, 9.17) is 10.2 Å². The normalized spacial score (nSPS) is 11.0. The Labute approximate surface area is 797 Å². The molecule has 126 heavy (non-hydrogen) atoms. The molecule has 0 aliphatic rings. The molecule has 2 N–H and O–H groups in total. The largest absolute Gasteiger partial charge is 0.396 e. The molecule has 12 heteroatoms. The fraction of sp³-hybridized carbons (Fsp3) is 0.439. The minimum atomic E-state index is 0.106. The molecule has 0 radical (unpaired) electrons. The summed E-state index contributed by atoms with van der Waals surface area (Å²) in [5.74, 6) is 4.69. The van der Waals surface area contributed by atoms with Crippen LogP contribution in [0.15, 0.2) is 206 Å². The first-order valence-corrected chi connectivity index (χ1v) is 48.2. The highest BCUT2D eigenvalue weighted by atomic mass is 32.1. The van der Waals surface area contributed by atoms with Crippen LogP contribution in [0, 0.1) is 46.3 Å². The average molecular weight is 1820 g/mol. The van der Waals surface area contributed by atoms with Crippen molar-refractivity contribution < 1.29 is 29.4 Å². The van der Waals surface area contributed by atoms with Gasteiger partial charge in [0, 0.05) is 70.0 Å². The molecule has 12 aromatic carbocycles. The molecule has 0 aliphatic carbocycles. The van der Waals surface area contributed by atoms with E-state index in [0.29, 0.717) is 55.5 Å². The number of Topliss-reactive ketones (excluding diaryl/α,β-unsaturated/α-hetero) is 4. The third-order valence-corrected chi connectivity index (χ3v) is 18.8. The minimum absolute atomic E-state index is 0.106. The summed E-state index contributed by atoms with van der Waals surface area (Å²) in [6.45, 7) is 63.8. The molecule has 0 spiro atoms. The van der Waals surface area contributed by atoms with E-state index in [9.17, 15) is 19.2 Å². The van der Waals surface area contributed by atoms with Gasteiger partial charge in [-0.25, -0.2) is 0 Å². The molecule has 0 heterocycles. The van der Waals surface area contributed by atoms with Crippen LogP contribution < -0.4 is 0 Å². The minimum Gasteiger partial charge on any atom is -0.396 e. The zero-order chi connectivity index (χ0) is 96.3. The predicted molar refractivity (Wildman–Crippen MR) is 580 cm³/mol. The van der Waals surface area contributed by atoms with Gasteiger partial charge in [0.15, 0.2) is 23.1 Å². The Morgan fingerprint density at radius 1 is 0.238 bits per heavy atom. The standard InChI is InChI=1S/2C16H20OS.4C13H12OS.6C5H12/c2*1-12-9-13(5-2-3-8-17)15-7-4-6-14(11-18)16(15)10-12;2*1-9(14)12-4-2-3-11-6-5-10(8-15)7-13(11)12;2*1-9(14)13-7-10(8-15)6-11-4-2-3-5-12(11)13;6*1-5(2,3)4/h2*4,6-7,9-10,17-18H,2-3,5,8,11H2,1H3;4*2-7,15H,8H2,1H3;6*1-4H3. The summed E-state index contributed by atoms with van der Waals surface area (Å²) in [7, 11) is 0. The summed E-state index contributed by atoms with van der Waals surface area (Å²) in [6.07, 6.45) is 5.91. The molecule has 688 valence electrons. The quantitative estimate of drug-likeness (QED) is 0.0247. The van der Waals surface area contributed by atoms with E-state index in [2.05, 4.69) is 329 Å². The van der Waals surface area contributed by atoms with Gasteiger partial charge in [-0.15, -0.1) is 0 Å². The van der Waals surface area contributed by atoms with Crippen molar-refractivity contribution in [2.75, 3.05) is 13.2 Å². The van der Waals surface area contributed by atoms with Gasteiger partial charge in [-0.3, -0.25) is 19.2 Å². The number of unbranched alkanes of at least 4 members (excludes halogenated alkanes) is 2. The number of thiol groups is 6. The molecule has 0 aromatic heterocycles. The number of hydrogen-bond donors (Lipinski definition) is 8. The van der Waals surface area contributed by atoms with Crippen LogP contribution in [0.3, 0.4) is 0 Å². The van der Waals surface area contributed by atoms with Crippen LogP contribution in [-0.2, 0) is 47.4 Å². The first-order chi connectivity index (χ1) is 58.4. The molecule has 0 bridgehead atoms. The Morgan fingerprint density at radius 2 is 0.500 bits per heavy atom. The second kappa shape index (κ2) is 57.8. The first kappa shape index (κ1) is 117. The van der Waals surface area contributed by atoms with Crippen molar-refractivity contribution in [2.24, 2.45) is 32.5 Å². The van der Waals surface area contributed by atoms with Crippen LogP contribution >= 0.6 is 75.8 Å². The van der Waals surface area contributed by atoms with Crippen molar-refractivity contribution in [1.29, 1.82) is 0 Å². The molecule has 12 rings (SSSR count). The van der Waals surface area contributed by atoms with Gasteiger partial charge in [0.25, 0.3) is 0 Å². The predicted octanol–water partition coefficient (Wildman–Crippen LogP) is 34.0. The number of benzene rings is 12. The van der Waals surface area contributed by atoms with E-state index in [0.717, 1.165) is 138 Å². The number of carbonyl (C=O) groups excluding carboxylic acids is 4. The van der Waals surface area contributed by atoms with Gasteiger partial charge >= 0.3 is 0 Å². The van der Waals surface area contributed by atoms with E-state index in [1.807, 2.05) is 133 Å². The third kappa shape index (κ3) is 51.3. The van der Waals surface area contributed by atoms with Crippen molar-refractivity contribution >= 4 is 164 Å².